The molecule has 0 amide bonds. The first kappa shape index (κ1) is 33.8. The van der Waals surface area contributed by atoms with Crippen molar-refractivity contribution in [3.8, 4) is 22.3 Å². The van der Waals surface area contributed by atoms with Crippen LogP contribution in [0.25, 0.3) is 27.8 Å². The first-order valence-electron chi connectivity index (χ1n) is 17.3. The second kappa shape index (κ2) is 15.0. The van der Waals surface area contributed by atoms with Gasteiger partial charge in [0.25, 0.3) is 0 Å². The molecular weight excluding hydrogens is 611 g/mol. The fourth-order valence-corrected chi connectivity index (χ4v) is 8.33. The van der Waals surface area contributed by atoms with Gasteiger partial charge < -0.3 is 4.90 Å². The minimum Gasteiger partial charge on any atom is -0.317 e. The molecule has 5 aromatic rings. The predicted octanol–water partition coefficient (Wildman–Crippen LogP) is 14.1. The highest BCUT2D eigenvalue weighted by Crippen LogP contribution is 2.56. The van der Waals surface area contributed by atoms with Crippen LogP contribution in [-0.2, 0) is 0 Å². The third kappa shape index (κ3) is 6.93. The van der Waals surface area contributed by atoms with Crippen molar-refractivity contribution in [2.24, 2.45) is 5.41 Å². The molecule has 0 radical (unpaired) electrons. The number of benzene rings is 5. The number of nitrogens with zero attached hydrogens (tertiary/aromatic N) is 1. The van der Waals surface area contributed by atoms with Crippen LogP contribution < -0.4 is 4.90 Å². The molecule has 2 aliphatic rings. The lowest BCUT2D eigenvalue weighted by Crippen LogP contribution is -2.14. The summed E-state index contributed by atoms with van der Waals surface area (Å²) in [7, 11) is 0. The third-order valence-electron chi connectivity index (χ3n) is 9.49. The molecule has 0 N–H and O–H groups in total. The summed E-state index contributed by atoms with van der Waals surface area (Å²) >= 11 is 1.88. The zero-order chi connectivity index (χ0) is 34.4. The van der Waals surface area contributed by atoms with Crippen molar-refractivity contribution in [1.82, 2.24) is 0 Å². The van der Waals surface area contributed by atoms with Crippen LogP contribution in [-0.4, -0.2) is 0 Å². The van der Waals surface area contributed by atoms with E-state index in [9.17, 15) is 0 Å². The molecule has 244 valence electrons. The molecule has 5 aromatic carbocycles. The summed E-state index contributed by atoms with van der Waals surface area (Å²) in [6, 6.07) is 47.5. The van der Waals surface area contributed by atoms with E-state index in [0.717, 1.165) is 24.2 Å². The third-order valence-corrected chi connectivity index (χ3v) is 10.7. The minimum atomic E-state index is -0.115. The summed E-state index contributed by atoms with van der Waals surface area (Å²) in [4.78, 5) is 4.91. The van der Waals surface area contributed by atoms with Crippen LogP contribution in [0.5, 0.6) is 0 Å². The van der Waals surface area contributed by atoms with Crippen LogP contribution in [0.3, 0.4) is 0 Å². The quantitative estimate of drug-likeness (QED) is 0.172. The monoisotopic (exact) mass is 655 g/mol. The summed E-state index contributed by atoms with van der Waals surface area (Å²) in [6.45, 7) is 17.5. The maximum atomic E-state index is 4.46. The maximum Gasteiger partial charge on any atom is 0.0455 e. The zero-order valence-corrected chi connectivity index (χ0v) is 29.9. The van der Waals surface area contributed by atoms with Crippen LogP contribution in [0.2, 0.25) is 0 Å². The molecule has 1 heterocycles. The molecule has 0 saturated heterocycles. The van der Waals surface area contributed by atoms with E-state index in [1.807, 2.05) is 25.6 Å². The van der Waals surface area contributed by atoms with E-state index in [2.05, 4.69) is 184 Å². The van der Waals surface area contributed by atoms with Gasteiger partial charge in [-0.05, 0) is 99.4 Å². The summed E-state index contributed by atoms with van der Waals surface area (Å²) in [6.07, 6.45) is 8.56. The van der Waals surface area contributed by atoms with Crippen molar-refractivity contribution in [1.29, 1.82) is 0 Å². The second-order valence-corrected chi connectivity index (χ2v) is 13.7. The number of hydrogen-bond acceptors (Lipinski definition) is 2. The van der Waals surface area contributed by atoms with Gasteiger partial charge in [0, 0.05) is 32.8 Å². The SMILES string of the molecule is C=CC1=C(/C=C\N(c2ccc(-c3ccccc3)cc2)c2ccc(-c3ccccc3)cc2)C2=C(CCC(=C)c3ccccc3S2)C1(C)C.CC. The van der Waals surface area contributed by atoms with Gasteiger partial charge in [-0.15, -0.1) is 0 Å². The Morgan fingerprint density at radius 1 is 0.633 bits per heavy atom. The van der Waals surface area contributed by atoms with Gasteiger partial charge >= 0.3 is 0 Å². The van der Waals surface area contributed by atoms with Crippen molar-refractivity contribution < 1.29 is 0 Å². The summed E-state index contributed by atoms with van der Waals surface area (Å²) < 4.78 is 0. The Morgan fingerprint density at radius 2 is 1.12 bits per heavy atom. The van der Waals surface area contributed by atoms with E-state index < -0.39 is 0 Å². The molecular formula is C47H45NS. The molecule has 0 spiro atoms. The normalized spacial score (nSPS) is 15.1. The Morgan fingerprint density at radius 3 is 1.65 bits per heavy atom. The molecule has 0 bridgehead atoms. The largest absolute Gasteiger partial charge is 0.317 e. The molecule has 1 nitrogen and oxygen atoms in total. The van der Waals surface area contributed by atoms with Crippen molar-refractivity contribution in [2.45, 2.75) is 45.4 Å². The molecule has 7 rings (SSSR count). The maximum absolute atomic E-state index is 4.46. The number of hydrogen-bond donors (Lipinski definition) is 0. The lowest BCUT2D eigenvalue weighted by atomic mass is 9.78. The van der Waals surface area contributed by atoms with Crippen molar-refractivity contribution in [3.63, 3.8) is 0 Å². The molecule has 0 unspecified atom stereocenters. The molecule has 1 aliphatic carbocycles. The molecule has 0 fully saturated rings. The Balaban J connectivity index is 0.00000205. The fourth-order valence-electron chi connectivity index (χ4n) is 6.87. The first-order chi connectivity index (χ1) is 23.9. The van der Waals surface area contributed by atoms with E-state index in [-0.39, 0.29) is 5.41 Å². The summed E-state index contributed by atoms with van der Waals surface area (Å²) in [5.41, 5.74) is 13.4. The lowest BCUT2D eigenvalue weighted by Gasteiger charge is -2.27. The van der Waals surface area contributed by atoms with Gasteiger partial charge in [0.2, 0.25) is 0 Å². The van der Waals surface area contributed by atoms with E-state index in [0.29, 0.717) is 0 Å². The number of thioether (sulfide) groups is 1. The first-order valence-corrected chi connectivity index (χ1v) is 18.1. The Hall–Kier alpha value is -5.05. The average Bonchev–Trinajstić information content (AvgIpc) is 3.35. The number of fused-ring (bicyclic) bond motifs is 1. The highest BCUT2D eigenvalue weighted by Gasteiger charge is 2.38. The van der Waals surface area contributed by atoms with Gasteiger partial charge in [0.15, 0.2) is 0 Å². The van der Waals surface area contributed by atoms with Gasteiger partial charge in [-0.25, -0.2) is 0 Å². The minimum absolute atomic E-state index is 0.115. The summed E-state index contributed by atoms with van der Waals surface area (Å²) in [5.74, 6) is 0. The van der Waals surface area contributed by atoms with E-state index >= 15 is 0 Å². The predicted molar refractivity (Wildman–Crippen MR) is 215 cm³/mol. The van der Waals surface area contributed by atoms with Gasteiger partial charge in [0.05, 0.1) is 0 Å². The van der Waals surface area contributed by atoms with Gasteiger partial charge in [-0.2, -0.15) is 0 Å². The second-order valence-electron chi connectivity index (χ2n) is 12.7. The Bertz CT molecular complexity index is 1940. The van der Waals surface area contributed by atoms with Crippen LogP contribution in [0.4, 0.5) is 11.4 Å². The number of anilines is 2. The van der Waals surface area contributed by atoms with Crippen molar-refractivity contribution in [3.05, 3.63) is 192 Å². The van der Waals surface area contributed by atoms with E-state index in [1.165, 1.54) is 59.9 Å². The highest BCUT2D eigenvalue weighted by molar-refractivity contribution is 8.03. The van der Waals surface area contributed by atoms with Gasteiger partial charge in [-0.3, -0.25) is 0 Å². The lowest BCUT2D eigenvalue weighted by molar-refractivity contribution is 0.539. The average molecular weight is 656 g/mol. The highest BCUT2D eigenvalue weighted by atomic mass is 32.2. The Labute approximate surface area is 297 Å². The van der Waals surface area contributed by atoms with Gasteiger partial charge in [-0.1, -0.05) is 162 Å². The Kier molecular flexibility index (Phi) is 10.4. The van der Waals surface area contributed by atoms with Crippen LogP contribution in [0.15, 0.2) is 191 Å². The van der Waals surface area contributed by atoms with Gasteiger partial charge in [0.1, 0.15) is 0 Å². The summed E-state index contributed by atoms with van der Waals surface area (Å²) in [5, 5.41) is 0. The molecule has 1 aliphatic heterocycles. The number of rotatable bonds is 7. The molecule has 0 atom stereocenters. The van der Waals surface area contributed by atoms with Crippen LogP contribution >= 0.6 is 11.8 Å². The standard InChI is InChI=1S/C45H39NS.C2H6/c1-5-41-40(44-42(45(41,3)4)29-20-32(2)39-18-12-13-19-43(39)47-44)30-31-46(37-25-21-35(22-26-37)33-14-8-6-9-15-33)38-27-23-36(24-28-38)34-16-10-7-11-17-34;1-2/h5-19,21-28,30-31H,1-2,20,29H2,3-4H3;1-2H3/b31-30-;. The van der Waals surface area contributed by atoms with Crippen LogP contribution in [0.1, 0.15) is 46.1 Å². The van der Waals surface area contributed by atoms with E-state index in [4.69, 9.17) is 0 Å². The van der Waals surface area contributed by atoms with Crippen molar-refractivity contribution >= 4 is 28.7 Å². The zero-order valence-electron chi connectivity index (χ0n) is 29.1. The molecule has 0 aromatic heterocycles. The molecule has 2 heteroatoms. The fraction of sp³-hybridized carbons (Fsp3) is 0.149. The topological polar surface area (TPSA) is 3.24 Å². The smallest absolute Gasteiger partial charge is 0.0455 e. The van der Waals surface area contributed by atoms with Crippen molar-refractivity contribution in [2.75, 3.05) is 4.90 Å². The number of allylic oxidation sites excluding steroid dienone is 6. The molecule has 49 heavy (non-hydrogen) atoms. The van der Waals surface area contributed by atoms with E-state index in [1.54, 1.807) is 0 Å². The molecule has 0 saturated carbocycles. The van der Waals surface area contributed by atoms with Crippen LogP contribution in [0, 0.1) is 5.41 Å².